The maximum atomic E-state index is 13.4. The number of carbonyl (C=O) groups excluding carboxylic acids is 1. The Morgan fingerprint density at radius 1 is 1.02 bits per heavy atom. The lowest BCUT2D eigenvalue weighted by Crippen LogP contribution is -2.20. The molecule has 0 aliphatic rings. The predicted octanol–water partition coefficient (Wildman–Crippen LogP) is 7.58. The lowest BCUT2D eigenvalue weighted by molar-refractivity contribution is -0.143. The van der Waals surface area contributed by atoms with Gasteiger partial charge in [-0.1, -0.05) is 36.0 Å². The van der Waals surface area contributed by atoms with Crippen LogP contribution in [-0.4, -0.2) is 23.0 Å². The van der Waals surface area contributed by atoms with E-state index in [1.54, 1.807) is 36.4 Å². The maximum Gasteiger partial charge on any atom is 0.417 e. The second-order valence-electron chi connectivity index (χ2n) is 8.61. The van der Waals surface area contributed by atoms with Gasteiger partial charge >= 0.3 is 12.4 Å². The van der Waals surface area contributed by atoms with Crippen molar-refractivity contribution in [2.75, 3.05) is 12.4 Å². The topological polar surface area (TPSA) is 88.4 Å². The Kier molecular flexibility index (Phi) is 8.62. The highest BCUT2D eigenvalue weighted by Gasteiger charge is 2.39. The highest BCUT2D eigenvalue weighted by Crippen LogP contribution is 2.37. The van der Waals surface area contributed by atoms with Crippen LogP contribution in [0.1, 0.15) is 27.0 Å². The van der Waals surface area contributed by atoms with Gasteiger partial charge in [-0.25, -0.2) is 9.83 Å². The summed E-state index contributed by atoms with van der Waals surface area (Å²) < 4.78 is 84.2. The molecule has 216 valence electrons. The van der Waals surface area contributed by atoms with Gasteiger partial charge in [0.15, 0.2) is 5.16 Å². The Morgan fingerprint density at radius 3 is 2.36 bits per heavy atom. The highest BCUT2D eigenvalue weighted by molar-refractivity contribution is 7.98. The van der Waals surface area contributed by atoms with Gasteiger partial charge in [0.25, 0.3) is 17.2 Å². The number of nitrogens with zero attached hydrogens (tertiary/aromatic N) is 2. The molecule has 0 saturated heterocycles. The van der Waals surface area contributed by atoms with E-state index in [-0.39, 0.29) is 34.0 Å². The number of hydrogen-bond acceptors (Lipinski definition) is 5. The second-order valence-corrected chi connectivity index (χ2v) is 9.57. The Hall–Kier alpha value is -4.77. The molecule has 0 unspecified atom stereocenters. The van der Waals surface area contributed by atoms with Crippen LogP contribution in [0.4, 0.5) is 37.7 Å². The molecule has 0 aliphatic carbocycles. The number of thioether (sulfide) groups is 1. The molecule has 0 fully saturated rings. The molecule has 3 aromatic carbocycles. The van der Waals surface area contributed by atoms with Gasteiger partial charge in [0, 0.05) is 11.4 Å². The predicted molar refractivity (Wildman–Crippen MR) is 144 cm³/mol. The van der Waals surface area contributed by atoms with E-state index in [9.17, 15) is 35.9 Å². The van der Waals surface area contributed by atoms with Crippen LogP contribution in [0, 0.1) is 6.57 Å². The molecule has 2 N–H and O–H groups in total. The van der Waals surface area contributed by atoms with Gasteiger partial charge in [-0.2, -0.15) is 26.3 Å². The van der Waals surface area contributed by atoms with Crippen LogP contribution in [0.25, 0.3) is 16.1 Å². The highest BCUT2D eigenvalue weighted by atomic mass is 32.2. The molecule has 1 aromatic heterocycles. The monoisotopic (exact) mass is 604 g/mol. The summed E-state index contributed by atoms with van der Waals surface area (Å²) in [4.78, 5) is 35.3. The van der Waals surface area contributed by atoms with Gasteiger partial charge in [0.1, 0.15) is 5.75 Å². The SMILES string of the molecule is [C-]#[N+]c1c(-c2cccc(OC)c2)nc(SCc2ccc(NC(=O)c3ccc(C(F)(F)F)cc3C(F)(F)F)cc2)[nH]c1=O. The first-order valence-corrected chi connectivity index (χ1v) is 12.8. The third kappa shape index (κ3) is 6.92. The number of amides is 1. The van der Waals surface area contributed by atoms with E-state index in [1.165, 1.54) is 19.2 Å². The summed E-state index contributed by atoms with van der Waals surface area (Å²) in [6.07, 6.45) is -10.2. The zero-order valence-corrected chi connectivity index (χ0v) is 22.2. The van der Waals surface area contributed by atoms with E-state index in [2.05, 4.69) is 20.1 Å². The number of benzene rings is 3. The molecule has 0 spiro atoms. The zero-order chi connectivity index (χ0) is 30.7. The standard InChI is InChI=1S/C28H18F6N4O3S/c1-35-23-22(16-4-3-5-19(12-16)41-2)37-26(38-25(23)40)42-14-15-6-9-18(10-7-15)36-24(39)20-11-8-17(27(29,30)31)13-21(20)28(32,33)34/h3-13H,14H2,2H3,(H,36,39)(H,37,38,40). The summed E-state index contributed by atoms with van der Waals surface area (Å²) >= 11 is 1.15. The van der Waals surface area contributed by atoms with E-state index >= 15 is 0 Å². The first kappa shape index (κ1) is 30.2. The van der Waals surface area contributed by atoms with Crippen LogP contribution in [0.5, 0.6) is 5.75 Å². The van der Waals surface area contributed by atoms with Crippen molar-refractivity contribution in [3.63, 3.8) is 0 Å². The van der Waals surface area contributed by atoms with Crippen molar-refractivity contribution < 1.29 is 35.9 Å². The van der Waals surface area contributed by atoms with Crippen LogP contribution < -0.4 is 15.6 Å². The summed E-state index contributed by atoms with van der Waals surface area (Å²) in [5.41, 5.74) is -3.53. The molecule has 0 radical (unpaired) electrons. The van der Waals surface area contributed by atoms with Gasteiger partial charge < -0.3 is 15.0 Å². The quantitative estimate of drug-likeness (QED) is 0.0983. The van der Waals surface area contributed by atoms with Crippen LogP contribution in [0.3, 0.4) is 0 Å². The number of halogens is 6. The number of aromatic amines is 1. The molecular formula is C28H18F6N4O3S. The minimum absolute atomic E-state index is 0.0992. The van der Waals surface area contributed by atoms with E-state index in [1.807, 2.05) is 0 Å². The number of ether oxygens (including phenoxy) is 1. The van der Waals surface area contributed by atoms with Gasteiger partial charge in [0.2, 0.25) is 0 Å². The third-order valence-electron chi connectivity index (χ3n) is 5.81. The van der Waals surface area contributed by atoms with E-state index in [0.717, 1.165) is 11.8 Å². The molecule has 0 saturated carbocycles. The number of carbonyl (C=O) groups is 1. The van der Waals surface area contributed by atoms with Gasteiger partial charge in [-0.05, 0) is 53.6 Å². The number of H-pyrrole nitrogens is 1. The largest absolute Gasteiger partial charge is 0.497 e. The fourth-order valence-electron chi connectivity index (χ4n) is 3.78. The first-order valence-electron chi connectivity index (χ1n) is 11.8. The Morgan fingerprint density at radius 2 is 1.74 bits per heavy atom. The van der Waals surface area contributed by atoms with Crippen LogP contribution in [0.2, 0.25) is 0 Å². The number of aromatic nitrogens is 2. The Labute approximate surface area is 238 Å². The van der Waals surface area contributed by atoms with E-state index in [0.29, 0.717) is 29.0 Å². The minimum atomic E-state index is -5.19. The maximum absolute atomic E-state index is 13.4. The lowest BCUT2D eigenvalue weighted by atomic mass is 10.0. The number of anilines is 1. The molecule has 0 aliphatic heterocycles. The molecule has 42 heavy (non-hydrogen) atoms. The molecule has 14 heteroatoms. The Balaban J connectivity index is 1.49. The van der Waals surface area contributed by atoms with Crippen molar-refractivity contribution >= 4 is 29.0 Å². The van der Waals surface area contributed by atoms with E-state index < -0.39 is 40.5 Å². The van der Waals surface area contributed by atoms with Crippen molar-refractivity contribution in [2.45, 2.75) is 23.3 Å². The lowest BCUT2D eigenvalue weighted by Gasteiger charge is -2.16. The number of alkyl halides is 6. The molecule has 1 amide bonds. The van der Waals surface area contributed by atoms with E-state index in [4.69, 9.17) is 11.3 Å². The van der Waals surface area contributed by atoms with Crippen molar-refractivity contribution in [3.8, 4) is 17.0 Å². The van der Waals surface area contributed by atoms with Crippen LogP contribution >= 0.6 is 11.8 Å². The van der Waals surface area contributed by atoms with Crippen molar-refractivity contribution in [1.82, 2.24) is 9.97 Å². The molecule has 7 nitrogen and oxygen atoms in total. The van der Waals surface area contributed by atoms with Gasteiger partial charge in [-0.15, -0.1) is 0 Å². The summed E-state index contributed by atoms with van der Waals surface area (Å²) in [5.74, 6) is -0.437. The second kappa shape index (κ2) is 12.0. The fourth-order valence-corrected chi connectivity index (χ4v) is 4.59. The number of hydrogen-bond donors (Lipinski definition) is 2. The molecule has 0 bridgehead atoms. The van der Waals surface area contributed by atoms with Crippen molar-refractivity contribution in [1.29, 1.82) is 0 Å². The average Bonchev–Trinajstić information content (AvgIpc) is 2.95. The zero-order valence-electron chi connectivity index (χ0n) is 21.4. The molecular weight excluding hydrogens is 586 g/mol. The number of rotatable bonds is 7. The molecule has 0 atom stereocenters. The summed E-state index contributed by atoms with van der Waals surface area (Å²) in [7, 11) is 1.48. The van der Waals surface area contributed by atoms with Crippen LogP contribution in [-0.2, 0) is 18.1 Å². The van der Waals surface area contributed by atoms with Crippen molar-refractivity contribution in [2.24, 2.45) is 0 Å². The first-order chi connectivity index (χ1) is 19.8. The number of nitrogens with one attached hydrogen (secondary N) is 2. The fraction of sp³-hybridized carbons (Fsp3) is 0.143. The molecule has 4 rings (SSSR count). The smallest absolute Gasteiger partial charge is 0.417 e. The van der Waals surface area contributed by atoms with Gasteiger partial charge in [0.05, 0.1) is 36.1 Å². The van der Waals surface area contributed by atoms with Crippen molar-refractivity contribution in [3.05, 3.63) is 111 Å². The summed E-state index contributed by atoms with van der Waals surface area (Å²) in [6.45, 7) is 7.38. The number of methoxy groups -OCH3 is 1. The molecule has 1 heterocycles. The Bertz CT molecular complexity index is 1730. The average molecular weight is 605 g/mol. The third-order valence-corrected chi connectivity index (χ3v) is 6.76. The minimum Gasteiger partial charge on any atom is -0.497 e. The summed E-state index contributed by atoms with van der Waals surface area (Å²) in [6, 6.07) is 13.5. The summed E-state index contributed by atoms with van der Waals surface area (Å²) in [5, 5.41) is 2.49. The normalized spacial score (nSPS) is 11.6. The van der Waals surface area contributed by atoms with Gasteiger partial charge in [-0.3, -0.25) is 9.59 Å². The molecule has 4 aromatic rings. The van der Waals surface area contributed by atoms with Crippen LogP contribution in [0.15, 0.2) is 76.7 Å².